The third-order valence-electron chi connectivity index (χ3n) is 4.21. The van der Waals surface area contributed by atoms with E-state index in [4.69, 9.17) is 9.47 Å². The Bertz CT molecular complexity index is 878. The molecule has 0 spiro atoms. The molecule has 27 heavy (non-hydrogen) atoms. The van der Waals surface area contributed by atoms with Gasteiger partial charge in [0.1, 0.15) is 11.5 Å². The number of hydrogen-bond donors (Lipinski definition) is 0. The summed E-state index contributed by atoms with van der Waals surface area (Å²) < 4.78 is 10.3. The highest BCUT2D eigenvalue weighted by molar-refractivity contribution is 5.85. The number of benzene rings is 2. The summed E-state index contributed by atoms with van der Waals surface area (Å²) in [4.78, 5) is 22.1. The van der Waals surface area contributed by atoms with Crippen LogP contribution in [0.3, 0.4) is 0 Å². The van der Waals surface area contributed by atoms with E-state index in [1.54, 1.807) is 13.2 Å². The van der Waals surface area contributed by atoms with E-state index in [2.05, 4.69) is 0 Å². The molecule has 0 N–H and O–H groups in total. The first-order valence-electron chi connectivity index (χ1n) is 8.56. The Kier molecular flexibility index (Phi) is 5.66. The van der Waals surface area contributed by atoms with E-state index in [9.17, 15) is 14.9 Å². The van der Waals surface area contributed by atoms with Crippen LogP contribution < -0.4 is 9.47 Å². The molecule has 138 valence electrons. The number of nitro groups is 1. The lowest BCUT2D eigenvalue weighted by molar-refractivity contribution is -0.384. The van der Waals surface area contributed by atoms with Gasteiger partial charge >= 0.3 is 5.97 Å². The van der Waals surface area contributed by atoms with Crippen molar-refractivity contribution < 1.29 is 19.2 Å². The van der Waals surface area contributed by atoms with E-state index in [1.165, 1.54) is 35.9 Å². The molecule has 0 aromatic heterocycles. The second-order valence-electron chi connectivity index (χ2n) is 6.16. The summed E-state index contributed by atoms with van der Waals surface area (Å²) >= 11 is 0. The average molecular weight is 365 g/mol. The van der Waals surface area contributed by atoms with Crippen LogP contribution in [0.4, 0.5) is 5.69 Å². The lowest BCUT2D eigenvalue weighted by atomic mass is 10.0. The smallest absolute Gasteiger partial charge is 0.336 e. The van der Waals surface area contributed by atoms with Crippen LogP contribution in [0.15, 0.2) is 66.8 Å². The topological polar surface area (TPSA) is 78.7 Å². The van der Waals surface area contributed by atoms with Crippen LogP contribution >= 0.6 is 0 Å². The molecule has 0 radical (unpaired) electrons. The van der Waals surface area contributed by atoms with Crippen LogP contribution in [0.1, 0.15) is 18.4 Å². The molecule has 0 bridgehead atoms. The van der Waals surface area contributed by atoms with Crippen molar-refractivity contribution in [2.75, 3.05) is 7.11 Å². The van der Waals surface area contributed by atoms with Gasteiger partial charge in [-0.25, -0.2) is 4.79 Å². The summed E-state index contributed by atoms with van der Waals surface area (Å²) in [6.45, 7) is 0. The van der Waals surface area contributed by atoms with Gasteiger partial charge in [-0.2, -0.15) is 0 Å². The van der Waals surface area contributed by atoms with Crippen molar-refractivity contribution in [2.45, 2.75) is 12.8 Å². The number of esters is 1. The molecular weight excluding hydrogens is 346 g/mol. The SMILES string of the molecule is COc1ccc(/C(=C/C=C/C(=O)Oc2ccc([N+](=O)[O-])cc2)C2CC2)cc1. The van der Waals surface area contributed by atoms with Crippen molar-refractivity contribution in [3.63, 3.8) is 0 Å². The van der Waals surface area contributed by atoms with Gasteiger partial charge in [0.15, 0.2) is 0 Å². The van der Waals surface area contributed by atoms with Crippen molar-refractivity contribution in [2.24, 2.45) is 5.92 Å². The highest BCUT2D eigenvalue weighted by Gasteiger charge is 2.26. The number of nitrogens with zero attached hydrogens (tertiary/aromatic N) is 1. The van der Waals surface area contributed by atoms with Gasteiger partial charge in [-0.15, -0.1) is 0 Å². The fourth-order valence-electron chi connectivity index (χ4n) is 2.66. The normalized spacial score (nSPS) is 14.2. The van der Waals surface area contributed by atoms with Crippen molar-refractivity contribution in [3.8, 4) is 11.5 Å². The summed E-state index contributed by atoms with van der Waals surface area (Å²) in [7, 11) is 1.63. The molecule has 0 saturated heterocycles. The summed E-state index contributed by atoms with van der Waals surface area (Å²) in [5.41, 5.74) is 2.23. The third kappa shape index (κ3) is 5.04. The van der Waals surface area contributed by atoms with E-state index in [0.717, 1.165) is 24.2 Å². The van der Waals surface area contributed by atoms with Gasteiger partial charge in [0.2, 0.25) is 0 Å². The molecular formula is C21H19NO5. The predicted molar refractivity (Wildman–Crippen MR) is 102 cm³/mol. The van der Waals surface area contributed by atoms with E-state index < -0.39 is 10.9 Å². The van der Waals surface area contributed by atoms with Crippen molar-refractivity contribution in [3.05, 3.63) is 82.4 Å². The Morgan fingerprint density at radius 1 is 1.07 bits per heavy atom. The summed E-state index contributed by atoms with van der Waals surface area (Å²) in [6, 6.07) is 13.2. The molecule has 6 nitrogen and oxygen atoms in total. The Morgan fingerprint density at radius 2 is 1.70 bits per heavy atom. The zero-order valence-electron chi connectivity index (χ0n) is 14.8. The van der Waals surface area contributed by atoms with Gasteiger partial charge in [-0.1, -0.05) is 24.3 Å². The number of methoxy groups -OCH3 is 1. The summed E-state index contributed by atoms with van der Waals surface area (Å²) in [5.74, 6) is 1.03. The number of carbonyl (C=O) groups is 1. The van der Waals surface area contributed by atoms with Gasteiger partial charge in [-0.3, -0.25) is 10.1 Å². The molecule has 0 unspecified atom stereocenters. The molecule has 1 aliphatic rings. The van der Waals surface area contributed by atoms with Gasteiger partial charge in [-0.05, 0) is 54.2 Å². The highest BCUT2D eigenvalue weighted by atomic mass is 16.6. The van der Waals surface area contributed by atoms with Crippen molar-refractivity contribution in [1.82, 2.24) is 0 Å². The fraction of sp³-hybridized carbons (Fsp3) is 0.190. The molecule has 1 fully saturated rings. The Morgan fingerprint density at radius 3 is 2.26 bits per heavy atom. The standard InChI is InChI=1S/C21H19NO5/c1-26-18-11-7-16(8-12-18)20(15-5-6-15)3-2-4-21(23)27-19-13-9-17(10-14-19)22(24)25/h2-4,7-15H,5-6H2,1H3/b4-2+,20-3+. The van der Waals surface area contributed by atoms with Crippen molar-refractivity contribution in [1.29, 1.82) is 0 Å². The fourth-order valence-corrected chi connectivity index (χ4v) is 2.66. The van der Waals surface area contributed by atoms with Gasteiger partial charge < -0.3 is 9.47 Å². The molecule has 0 aliphatic heterocycles. The Balaban J connectivity index is 1.65. The molecule has 6 heteroatoms. The van der Waals surface area contributed by atoms with Crippen LogP contribution in [0.25, 0.3) is 5.57 Å². The second-order valence-corrected chi connectivity index (χ2v) is 6.16. The van der Waals surface area contributed by atoms with Crippen molar-refractivity contribution >= 4 is 17.2 Å². The first-order chi connectivity index (χ1) is 13.1. The summed E-state index contributed by atoms with van der Waals surface area (Å²) in [5, 5.41) is 10.6. The van der Waals surface area contributed by atoms with Crippen LogP contribution in [0.5, 0.6) is 11.5 Å². The van der Waals surface area contributed by atoms with Gasteiger partial charge in [0.05, 0.1) is 12.0 Å². The largest absolute Gasteiger partial charge is 0.497 e. The maximum absolute atomic E-state index is 11.9. The number of hydrogen-bond acceptors (Lipinski definition) is 5. The predicted octanol–water partition coefficient (Wildman–Crippen LogP) is 4.56. The Hall–Kier alpha value is -3.41. The second kappa shape index (κ2) is 8.31. The van der Waals surface area contributed by atoms with E-state index in [-0.39, 0.29) is 11.4 Å². The molecule has 1 saturated carbocycles. The zero-order valence-corrected chi connectivity index (χ0v) is 14.8. The van der Waals surface area contributed by atoms with E-state index in [0.29, 0.717) is 5.92 Å². The highest BCUT2D eigenvalue weighted by Crippen LogP contribution is 2.42. The quantitative estimate of drug-likeness (QED) is 0.179. The summed E-state index contributed by atoms with van der Waals surface area (Å²) in [6.07, 6.45) is 7.22. The van der Waals surface area contributed by atoms with Crippen LogP contribution in [0.2, 0.25) is 0 Å². The number of non-ortho nitro benzene ring substituents is 1. The van der Waals surface area contributed by atoms with E-state index >= 15 is 0 Å². The minimum absolute atomic E-state index is 0.0539. The van der Waals surface area contributed by atoms with Crippen LogP contribution in [-0.2, 0) is 4.79 Å². The monoisotopic (exact) mass is 365 g/mol. The first-order valence-corrected chi connectivity index (χ1v) is 8.56. The van der Waals surface area contributed by atoms with Gasteiger partial charge in [0, 0.05) is 18.2 Å². The molecule has 2 aromatic rings. The van der Waals surface area contributed by atoms with Crippen LogP contribution in [0, 0.1) is 16.0 Å². The number of allylic oxidation sites excluding steroid dienone is 3. The van der Waals surface area contributed by atoms with Gasteiger partial charge in [0.25, 0.3) is 5.69 Å². The molecule has 0 heterocycles. The van der Waals surface area contributed by atoms with E-state index in [1.807, 2.05) is 30.3 Å². The minimum atomic E-state index is -0.537. The maximum atomic E-state index is 11.9. The molecule has 0 atom stereocenters. The molecule has 3 rings (SSSR count). The maximum Gasteiger partial charge on any atom is 0.336 e. The lowest BCUT2D eigenvalue weighted by Gasteiger charge is -2.07. The molecule has 1 aliphatic carbocycles. The number of nitro benzene ring substituents is 1. The molecule has 2 aromatic carbocycles. The minimum Gasteiger partial charge on any atom is -0.497 e. The number of rotatable bonds is 7. The average Bonchev–Trinajstić information content (AvgIpc) is 3.51. The lowest BCUT2D eigenvalue weighted by Crippen LogP contribution is -2.03. The molecule has 0 amide bonds. The third-order valence-corrected chi connectivity index (χ3v) is 4.21. The zero-order chi connectivity index (χ0) is 19.2. The Labute approximate surface area is 156 Å². The van der Waals surface area contributed by atoms with Crippen LogP contribution in [-0.4, -0.2) is 18.0 Å². The number of carbonyl (C=O) groups excluding carboxylic acids is 1. The number of ether oxygens (including phenoxy) is 2. The first kappa shape index (κ1) is 18.4.